The predicted molar refractivity (Wildman–Crippen MR) is 114 cm³/mol. The van der Waals surface area contributed by atoms with Crippen LogP contribution in [0.25, 0.3) is 6.08 Å². The Balaban J connectivity index is 1.49. The van der Waals surface area contributed by atoms with Gasteiger partial charge >= 0.3 is 0 Å². The van der Waals surface area contributed by atoms with Crippen molar-refractivity contribution >= 4 is 11.9 Å². The van der Waals surface area contributed by atoms with Crippen LogP contribution in [-0.4, -0.2) is 55.3 Å². The number of aromatic hydroxyl groups is 1. The molecule has 0 spiro atoms. The number of nitrogens with one attached hydrogen (secondary N) is 2. The fraction of sp³-hybridized carbons (Fsp3) is 0.292. The number of phenolic OH excluding ortho intramolecular Hbond substituents is 1. The second-order valence-electron chi connectivity index (χ2n) is 7.82. The first-order valence-electron chi connectivity index (χ1n) is 10.4. The number of phenols is 1. The van der Waals surface area contributed by atoms with E-state index in [1.54, 1.807) is 18.2 Å². The molecule has 6 nitrogen and oxygen atoms in total. The van der Waals surface area contributed by atoms with Gasteiger partial charge in [0.15, 0.2) is 11.5 Å². The van der Waals surface area contributed by atoms with Gasteiger partial charge in [-0.15, -0.1) is 0 Å². The first kappa shape index (κ1) is 20.3. The summed E-state index contributed by atoms with van der Waals surface area (Å²) in [5.41, 5.74) is 2.24. The number of benzene rings is 2. The lowest BCUT2D eigenvalue weighted by molar-refractivity contribution is -1.02. The fourth-order valence-corrected chi connectivity index (χ4v) is 4.09. The number of carbonyl (C=O) groups is 1. The van der Waals surface area contributed by atoms with Crippen LogP contribution < -0.4 is 14.5 Å². The minimum absolute atomic E-state index is 0.156. The van der Waals surface area contributed by atoms with Crippen molar-refractivity contribution in [3.8, 4) is 11.5 Å². The molecular weight excluding hydrogens is 380 g/mol. The monoisotopic (exact) mass is 408 g/mol. The van der Waals surface area contributed by atoms with E-state index in [0.717, 1.165) is 38.3 Å². The summed E-state index contributed by atoms with van der Waals surface area (Å²) in [4.78, 5) is 15.5. The van der Waals surface area contributed by atoms with Crippen LogP contribution in [-0.2, 0) is 6.54 Å². The molecule has 30 heavy (non-hydrogen) atoms. The third kappa shape index (κ3) is 4.46. The number of ether oxygens (including phenoxy) is 1. The summed E-state index contributed by atoms with van der Waals surface area (Å²) in [6.07, 6.45) is 5.41. The Morgan fingerprint density at radius 2 is 1.73 bits per heavy atom. The van der Waals surface area contributed by atoms with Crippen molar-refractivity contribution in [3.05, 3.63) is 77.1 Å². The van der Waals surface area contributed by atoms with Gasteiger partial charge < -0.3 is 24.7 Å². The van der Waals surface area contributed by atoms with Crippen molar-refractivity contribution < 1.29 is 29.5 Å². The summed E-state index contributed by atoms with van der Waals surface area (Å²) in [5.74, 6) is 0.768. The first-order valence-corrected chi connectivity index (χ1v) is 10.4. The molecule has 0 bridgehead atoms. The van der Waals surface area contributed by atoms with Gasteiger partial charge in [0.25, 0.3) is 0 Å². The Labute approximate surface area is 176 Å². The van der Waals surface area contributed by atoms with Gasteiger partial charge in [-0.1, -0.05) is 42.5 Å². The minimum Gasteiger partial charge on any atom is -0.507 e. The molecule has 0 aromatic heterocycles. The van der Waals surface area contributed by atoms with E-state index in [2.05, 4.69) is 0 Å². The largest absolute Gasteiger partial charge is 0.507 e. The molecule has 0 radical (unpaired) electrons. The van der Waals surface area contributed by atoms with Crippen molar-refractivity contribution in [1.82, 2.24) is 0 Å². The van der Waals surface area contributed by atoms with E-state index in [1.165, 1.54) is 9.80 Å². The summed E-state index contributed by atoms with van der Waals surface area (Å²) in [6.45, 7) is 5.48. The molecule has 0 unspecified atom stereocenters. The molecule has 4 N–H and O–H groups in total. The van der Waals surface area contributed by atoms with Crippen LogP contribution >= 0.6 is 0 Å². The molecule has 0 amide bonds. The first-order chi connectivity index (χ1) is 14.7. The smallest absolute Gasteiger partial charge is 0.231 e. The Morgan fingerprint density at radius 3 is 2.47 bits per heavy atom. The standard InChI is InChI=1S/C24H26N2O4/c27-16-15-25-11-13-26(14-12-25)17-20-21(28)10-9-19-23(29)22(30-24(19)20)8-4-7-18-5-2-1-3-6-18/h1-10,27-28H,11-17H2/p+2/b7-4+,22-8+. The lowest BCUT2D eigenvalue weighted by Crippen LogP contribution is -3.27. The zero-order valence-corrected chi connectivity index (χ0v) is 16.9. The Kier molecular flexibility index (Phi) is 6.28. The SMILES string of the molecule is O=C1/C(=C\C=C\c2ccccc2)Oc2c1ccc(O)c2C[NH+]1CC[NH+](CCO)CC1. The van der Waals surface area contributed by atoms with Crippen molar-refractivity contribution in [2.75, 3.05) is 39.3 Å². The molecule has 0 atom stereocenters. The normalized spacial score (nSPS) is 22.4. The molecule has 156 valence electrons. The van der Waals surface area contributed by atoms with Gasteiger partial charge in [-0.3, -0.25) is 4.79 Å². The van der Waals surface area contributed by atoms with E-state index in [1.807, 2.05) is 42.5 Å². The molecule has 2 heterocycles. The summed E-state index contributed by atoms with van der Waals surface area (Å²) >= 11 is 0. The van der Waals surface area contributed by atoms with E-state index in [4.69, 9.17) is 9.84 Å². The quantitative estimate of drug-likeness (QED) is 0.501. The number of carbonyl (C=O) groups excluding carboxylic acids is 1. The van der Waals surface area contributed by atoms with Gasteiger partial charge in [-0.2, -0.15) is 0 Å². The maximum Gasteiger partial charge on any atom is 0.231 e. The Hall–Kier alpha value is -2.93. The number of piperazine rings is 1. The predicted octanol–water partition coefficient (Wildman–Crippen LogP) is -0.160. The van der Waals surface area contributed by atoms with E-state index < -0.39 is 0 Å². The van der Waals surface area contributed by atoms with Crippen molar-refractivity contribution in [3.63, 3.8) is 0 Å². The highest BCUT2D eigenvalue weighted by Crippen LogP contribution is 2.38. The number of aliphatic hydroxyl groups excluding tert-OH is 1. The van der Waals surface area contributed by atoms with Gasteiger partial charge in [0.05, 0.1) is 17.7 Å². The van der Waals surface area contributed by atoms with E-state index in [0.29, 0.717) is 23.4 Å². The summed E-state index contributed by atoms with van der Waals surface area (Å²) in [6, 6.07) is 13.1. The molecule has 6 heteroatoms. The maximum absolute atomic E-state index is 12.8. The van der Waals surface area contributed by atoms with Crippen LogP contribution in [0.3, 0.4) is 0 Å². The van der Waals surface area contributed by atoms with E-state index in [9.17, 15) is 9.90 Å². The van der Waals surface area contributed by atoms with Crippen LogP contribution in [0.4, 0.5) is 0 Å². The second-order valence-corrected chi connectivity index (χ2v) is 7.82. The Bertz CT molecular complexity index is 961. The van der Waals surface area contributed by atoms with Gasteiger partial charge in [-0.25, -0.2) is 0 Å². The number of hydrogen-bond donors (Lipinski definition) is 4. The number of fused-ring (bicyclic) bond motifs is 1. The van der Waals surface area contributed by atoms with Gasteiger partial charge in [0.2, 0.25) is 5.78 Å². The number of hydrogen-bond acceptors (Lipinski definition) is 4. The van der Waals surface area contributed by atoms with Crippen molar-refractivity contribution in [2.45, 2.75) is 6.54 Å². The molecule has 2 aromatic carbocycles. The van der Waals surface area contributed by atoms with Crippen LogP contribution in [0, 0.1) is 0 Å². The molecular formula is C24H28N2O4+2. The molecule has 4 rings (SSSR count). The van der Waals surface area contributed by atoms with Gasteiger partial charge in [-0.05, 0) is 23.8 Å². The third-order valence-electron chi connectivity index (χ3n) is 5.81. The second kappa shape index (κ2) is 9.26. The van der Waals surface area contributed by atoms with Gasteiger partial charge in [0.1, 0.15) is 45.0 Å². The minimum atomic E-state index is -0.156. The number of quaternary nitrogens is 2. The molecule has 2 aliphatic heterocycles. The fourth-order valence-electron chi connectivity index (χ4n) is 4.09. The van der Waals surface area contributed by atoms with E-state index >= 15 is 0 Å². The Morgan fingerprint density at radius 1 is 1.00 bits per heavy atom. The van der Waals surface area contributed by atoms with Crippen molar-refractivity contribution in [2.24, 2.45) is 0 Å². The molecule has 1 fully saturated rings. The topological polar surface area (TPSA) is 75.6 Å². The number of rotatable bonds is 6. The molecule has 2 aliphatic rings. The average Bonchev–Trinajstić information content (AvgIpc) is 3.08. The number of Topliss-reactive ketones (excluding diaryl/α,β-unsaturated/α-hetero) is 1. The third-order valence-corrected chi connectivity index (χ3v) is 5.81. The molecule has 2 aromatic rings. The zero-order valence-electron chi connectivity index (χ0n) is 16.9. The highest BCUT2D eigenvalue weighted by Gasteiger charge is 2.33. The molecule has 1 saturated heterocycles. The summed E-state index contributed by atoms with van der Waals surface area (Å²) in [7, 11) is 0. The van der Waals surface area contributed by atoms with E-state index in [-0.39, 0.29) is 23.9 Å². The lowest BCUT2D eigenvalue weighted by Gasteiger charge is -2.29. The van der Waals surface area contributed by atoms with Crippen molar-refractivity contribution in [1.29, 1.82) is 0 Å². The van der Waals surface area contributed by atoms with Crippen LogP contribution in [0.5, 0.6) is 11.5 Å². The summed E-state index contributed by atoms with van der Waals surface area (Å²) in [5, 5.41) is 19.6. The van der Waals surface area contributed by atoms with Gasteiger partial charge in [0, 0.05) is 0 Å². The average molecular weight is 408 g/mol. The number of aliphatic hydroxyl groups is 1. The highest BCUT2D eigenvalue weighted by atomic mass is 16.5. The van der Waals surface area contributed by atoms with Crippen LogP contribution in [0.15, 0.2) is 60.4 Å². The van der Waals surface area contributed by atoms with Crippen LogP contribution in [0.2, 0.25) is 0 Å². The highest BCUT2D eigenvalue weighted by molar-refractivity contribution is 6.12. The zero-order chi connectivity index (χ0) is 20.9. The summed E-state index contributed by atoms with van der Waals surface area (Å²) < 4.78 is 5.92. The lowest BCUT2D eigenvalue weighted by atomic mass is 10.0. The maximum atomic E-state index is 12.8. The molecule has 0 aliphatic carbocycles. The number of ketones is 1. The van der Waals surface area contributed by atoms with Crippen LogP contribution in [0.1, 0.15) is 21.5 Å². The number of allylic oxidation sites excluding steroid dienone is 3. The molecule has 0 saturated carbocycles.